The minimum absolute atomic E-state index is 0.0861. The third kappa shape index (κ3) is 5.01. The lowest BCUT2D eigenvalue weighted by Gasteiger charge is -2.37. The van der Waals surface area contributed by atoms with Gasteiger partial charge in [0.15, 0.2) is 0 Å². The number of nitrogens with zero attached hydrogens (tertiary/aromatic N) is 3. The van der Waals surface area contributed by atoms with Gasteiger partial charge in [-0.2, -0.15) is 0 Å². The van der Waals surface area contributed by atoms with Gasteiger partial charge in [-0.3, -0.25) is 14.5 Å². The summed E-state index contributed by atoms with van der Waals surface area (Å²) in [5.74, 6) is -0.306. The first-order chi connectivity index (χ1) is 11.8. The number of hydrogen-bond acceptors (Lipinski definition) is 3. The molecule has 0 atom stereocenters. The molecule has 0 aliphatic carbocycles. The molecule has 2 amide bonds. The van der Waals surface area contributed by atoms with Crippen LogP contribution in [0.4, 0.5) is 4.39 Å². The van der Waals surface area contributed by atoms with Crippen molar-refractivity contribution in [3.05, 3.63) is 35.6 Å². The van der Waals surface area contributed by atoms with Crippen LogP contribution in [0.25, 0.3) is 0 Å². The maximum atomic E-state index is 13.0. The van der Waals surface area contributed by atoms with E-state index in [0.717, 1.165) is 0 Å². The van der Waals surface area contributed by atoms with E-state index in [-0.39, 0.29) is 29.7 Å². The van der Waals surface area contributed by atoms with Crippen LogP contribution in [0.3, 0.4) is 0 Å². The summed E-state index contributed by atoms with van der Waals surface area (Å²) < 4.78 is 13.0. The van der Waals surface area contributed by atoms with Gasteiger partial charge >= 0.3 is 0 Å². The summed E-state index contributed by atoms with van der Waals surface area (Å²) in [6, 6.07) is 5.97. The summed E-state index contributed by atoms with van der Waals surface area (Å²) in [6.07, 6.45) is 0. The fourth-order valence-electron chi connectivity index (χ4n) is 3.33. The largest absolute Gasteiger partial charge is 0.337 e. The molecule has 0 radical (unpaired) electrons. The molecular formula is C19H28FN3O2. The number of carbonyl (C=O) groups excluding carboxylic acids is 2. The Morgan fingerprint density at radius 2 is 1.52 bits per heavy atom. The van der Waals surface area contributed by atoms with Gasteiger partial charge in [-0.15, -0.1) is 0 Å². The molecule has 0 N–H and O–H groups in total. The van der Waals surface area contributed by atoms with Crippen molar-refractivity contribution in [2.45, 2.75) is 39.8 Å². The maximum Gasteiger partial charge on any atom is 0.253 e. The molecule has 1 aliphatic heterocycles. The quantitative estimate of drug-likeness (QED) is 0.819. The van der Waals surface area contributed by atoms with Gasteiger partial charge in [-0.05, 0) is 52.0 Å². The van der Waals surface area contributed by atoms with E-state index >= 15 is 0 Å². The fraction of sp³-hybridized carbons (Fsp3) is 0.579. The lowest BCUT2D eigenvalue weighted by atomic mass is 10.1. The smallest absolute Gasteiger partial charge is 0.253 e. The molecule has 0 unspecified atom stereocenters. The van der Waals surface area contributed by atoms with Gasteiger partial charge in [0.1, 0.15) is 5.82 Å². The van der Waals surface area contributed by atoms with Crippen LogP contribution in [0, 0.1) is 5.82 Å². The van der Waals surface area contributed by atoms with Crippen molar-refractivity contribution in [2.75, 3.05) is 32.7 Å². The second-order valence-corrected chi connectivity index (χ2v) is 7.06. The zero-order valence-corrected chi connectivity index (χ0v) is 15.5. The normalized spacial score (nSPS) is 15.7. The molecule has 5 nitrogen and oxygen atoms in total. The molecule has 1 heterocycles. The molecule has 1 aliphatic rings. The van der Waals surface area contributed by atoms with Gasteiger partial charge < -0.3 is 9.80 Å². The lowest BCUT2D eigenvalue weighted by molar-refractivity contribution is -0.136. The van der Waals surface area contributed by atoms with Gasteiger partial charge in [-0.1, -0.05) is 0 Å². The number of benzene rings is 1. The Kier molecular flexibility index (Phi) is 6.53. The van der Waals surface area contributed by atoms with Crippen LogP contribution in [-0.2, 0) is 4.79 Å². The summed E-state index contributed by atoms with van der Waals surface area (Å²) in [7, 11) is 0. The van der Waals surface area contributed by atoms with Crippen LogP contribution in [0.1, 0.15) is 38.1 Å². The zero-order chi connectivity index (χ0) is 18.6. The van der Waals surface area contributed by atoms with Crippen molar-refractivity contribution in [3.8, 4) is 0 Å². The highest BCUT2D eigenvalue weighted by Gasteiger charge is 2.26. The minimum Gasteiger partial charge on any atom is -0.337 e. The molecule has 2 rings (SSSR count). The predicted molar refractivity (Wildman–Crippen MR) is 95.9 cm³/mol. The number of halogens is 1. The highest BCUT2D eigenvalue weighted by atomic mass is 19.1. The monoisotopic (exact) mass is 349 g/mol. The van der Waals surface area contributed by atoms with Gasteiger partial charge in [0, 0.05) is 43.8 Å². The van der Waals surface area contributed by atoms with E-state index in [4.69, 9.17) is 0 Å². The third-order valence-corrected chi connectivity index (χ3v) is 4.51. The van der Waals surface area contributed by atoms with E-state index in [0.29, 0.717) is 38.3 Å². The van der Waals surface area contributed by atoms with Crippen LogP contribution < -0.4 is 0 Å². The van der Waals surface area contributed by atoms with E-state index in [2.05, 4.69) is 4.90 Å². The van der Waals surface area contributed by atoms with Gasteiger partial charge in [0.05, 0.1) is 6.54 Å². The Labute approximate surface area is 149 Å². The lowest BCUT2D eigenvalue weighted by Crippen LogP contribution is -2.53. The molecule has 0 aromatic heterocycles. The van der Waals surface area contributed by atoms with E-state index < -0.39 is 0 Å². The van der Waals surface area contributed by atoms with Crippen LogP contribution in [0.2, 0.25) is 0 Å². The van der Waals surface area contributed by atoms with Crippen LogP contribution in [0.5, 0.6) is 0 Å². The molecule has 1 aromatic carbocycles. The van der Waals surface area contributed by atoms with Crippen molar-refractivity contribution >= 4 is 11.8 Å². The summed E-state index contributed by atoms with van der Waals surface area (Å²) in [4.78, 5) is 30.7. The zero-order valence-electron chi connectivity index (χ0n) is 15.5. The van der Waals surface area contributed by atoms with Crippen molar-refractivity contribution in [2.24, 2.45) is 0 Å². The molecule has 0 spiro atoms. The average Bonchev–Trinajstić information content (AvgIpc) is 2.55. The molecule has 0 bridgehead atoms. The van der Waals surface area contributed by atoms with Gasteiger partial charge in [-0.25, -0.2) is 4.39 Å². The minimum atomic E-state index is -0.347. The number of piperazine rings is 1. The summed E-state index contributed by atoms with van der Waals surface area (Å²) >= 11 is 0. The summed E-state index contributed by atoms with van der Waals surface area (Å²) in [5.41, 5.74) is 0.497. The number of hydrogen-bond donors (Lipinski definition) is 0. The number of rotatable bonds is 5. The third-order valence-electron chi connectivity index (χ3n) is 4.51. The molecule has 1 fully saturated rings. The average molecular weight is 349 g/mol. The van der Waals surface area contributed by atoms with Crippen molar-refractivity contribution in [1.29, 1.82) is 0 Å². The van der Waals surface area contributed by atoms with Crippen molar-refractivity contribution in [1.82, 2.24) is 14.7 Å². The Hall–Kier alpha value is -1.95. The van der Waals surface area contributed by atoms with Crippen LogP contribution in [0.15, 0.2) is 24.3 Å². The SMILES string of the molecule is CC(C)N(C(=O)CN1CCN(C(=O)c2ccc(F)cc2)CC1)C(C)C. The van der Waals surface area contributed by atoms with Crippen molar-refractivity contribution in [3.63, 3.8) is 0 Å². The molecule has 138 valence electrons. The second kappa shape index (κ2) is 8.43. The Balaban J connectivity index is 1.88. The van der Waals surface area contributed by atoms with Gasteiger partial charge in [0.2, 0.25) is 5.91 Å². The molecule has 0 saturated carbocycles. The Morgan fingerprint density at radius 3 is 2.00 bits per heavy atom. The molecule has 1 saturated heterocycles. The molecular weight excluding hydrogens is 321 g/mol. The van der Waals surface area contributed by atoms with Crippen LogP contribution in [-0.4, -0.2) is 71.3 Å². The van der Waals surface area contributed by atoms with E-state index in [1.165, 1.54) is 24.3 Å². The Bertz CT molecular complexity index is 585. The molecule has 1 aromatic rings. The predicted octanol–water partition coefficient (Wildman–Crippen LogP) is 2.23. The summed E-state index contributed by atoms with van der Waals surface area (Å²) in [6.45, 7) is 11.0. The van der Waals surface area contributed by atoms with Crippen LogP contribution >= 0.6 is 0 Å². The maximum absolute atomic E-state index is 13.0. The second-order valence-electron chi connectivity index (χ2n) is 7.06. The molecule has 25 heavy (non-hydrogen) atoms. The standard InChI is InChI=1S/C19H28FN3O2/c1-14(2)23(15(3)4)18(24)13-21-9-11-22(12-10-21)19(25)16-5-7-17(20)8-6-16/h5-8,14-15H,9-13H2,1-4H3. The van der Waals surface area contributed by atoms with E-state index in [9.17, 15) is 14.0 Å². The highest BCUT2D eigenvalue weighted by Crippen LogP contribution is 2.11. The Morgan fingerprint density at radius 1 is 1.00 bits per heavy atom. The highest BCUT2D eigenvalue weighted by molar-refractivity contribution is 5.94. The summed E-state index contributed by atoms with van der Waals surface area (Å²) in [5, 5.41) is 0. The van der Waals surface area contributed by atoms with Gasteiger partial charge in [0.25, 0.3) is 5.91 Å². The van der Waals surface area contributed by atoms with Crippen molar-refractivity contribution < 1.29 is 14.0 Å². The topological polar surface area (TPSA) is 43.9 Å². The first kappa shape index (κ1) is 19.4. The first-order valence-corrected chi connectivity index (χ1v) is 8.88. The van der Waals surface area contributed by atoms with E-state index in [1.807, 2.05) is 32.6 Å². The number of amides is 2. The first-order valence-electron chi connectivity index (χ1n) is 8.88. The molecule has 6 heteroatoms. The fourth-order valence-corrected chi connectivity index (χ4v) is 3.33. The number of carbonyl (C=O) groups is 2. The van der Waals surface area contributed by atoms with E-state index in [1.54, 1.807) is 4.90 Å².